The highest BCUT2D eigenvalue weighted by molar-refractivity contribution is 6.05. The highest BCUT2D eigenvalue weighted by Gasteiger charge is 2.30. The molecule has 5 rings (SSSR count). The first-order chi connectivity index (χ1) is 29.2. The third kappa shape index (κ3) is 12.2. The molecule has 1 saturated heterocycles. The van der Waals surface area contributed by atoms with E-state index in [0.717, 1.165) is 0 Å². The summed E-state index contributed by atoms with van der Waals surface area (Å²) in [5.74, 6) is -0.743. The number of ether oxygens (including phenoxy) is 5. The Kier molecular flexibility index (Phi) is 16.5. The second-order valence-corrected chi connectivity index (χ2v) is 15.5. The van der Waals surface area contributed by atoms with E-state index in [4.69, 9.17) is 33.8 Å². The van der Waals surface area contributed by atoms with Crippen molar-refractivity contribution < 1.29 is 53.0 Å². The van der Waals surface area contributed by atoms with E-state index in [-0.39, 0.29) is 46.2 Å². The summed E-state index contributed by atoms with van der Waals surface area (Å²) in [6.45, 7) is 9.73. The van der Waals surface area contributed by atoms with Gasteiger partial charge in [-0.05, 0) is 63.2 Å². The summed E-state index contributed by atoms with van der Waals surface area (Å²) in [5, 5.41) is 37.5. The fourth-order valence-electron chi connectivity index (χ4n) is 7.41. The molecule has 0 radical (unpaired) electrons. The maximum absolute atomic E-state index is 13.3. The number of phenolic OH excluding ortho intramolecular Hbond substituents is 2. The number of nitrogens with zero attached hydrogens (tertiary/aromatic N) is 2. The van der Waals surface area contributed by atoms with E-state index < -0.39 is 42.3 Å². The number of rotatable bonds is 10. The van der Waals surface area contributed by atoms with Crippen LogP contribution in [0.2, 0.25) is 0 Å². The minimum atomic E-state index is -1.01. The van der Waals surface area contributed by atoms with Crippen LogP contribution in [0, 0.1) is 11.8 Å². The first-order valence-electron chi connectivity index (χ1n) is 20.4. The summed E-state index contributed by atoms with van der Waals surface area (Å²) in [5.41, 5.74) is 6.95. The zero-order chi connectivity index (χ0) is 44.2. The summed E-state index contributed by atoms with van der Waals surface area (Å²) in [6.07, 6.45) is 5.23. The van der Waals surface area contributed by atoms with Crippen molar-refractivity contribution in [1.82, 2.24) is 0 Å². The summed E-state index contributed by atoms with van der Waals surface area (Å²) in [6, 6.07) is 7.85. The van der Waals surface area contributed by atoms with Gasteiger partial charge in [-0.3, -0.25) is 14.6 Å². The molecule has 61 heavy (non-hydrogen) atoms. The molecule has 0 unspecified atom stereocenters. The molecule has 6 atom stereocenters. The standard InChI is InChI=1S/C45H58N4O12/c1-26-20-32-40(47-14-7-8-17-59-30-12-13-31-34(50)25-39(60-37(31)23-30)49-15-18-58-19-16-49)35(51)24-33(42(32)53)48-44(54)27(2)10-9-11-36(56-5)43(61-45(46)55)29(4)22-28(3)41(52)38(21-26)57-6/h9-14,22-26,28,36,38,41,43,51-53H,7-8,15-21H2,1-6H3,(H2,46,55)(H,48,54)/b11-9?,27-10+,29-22+,47-14?/t26-,28+,36+,38+,41-,43+/m1/s1. The number of unbranched alkanes of at least 4 members (excludes halogenated alkanes) is 1. The van der Waals surface area contributed by atoms with Gasteiger partial charge in [0, 0.05) is 68.8 Å². The highest BCUT2D eigenvalue weighted by Crippen LogP contribution is 2.44. The lowest BCUT2D eigenvalue weighted by molar-refractivity contribution is -0.112. The molecule has 2 aliphatic heterocycles. The number of allylic oxidation sites excluding steroid dienone is 2. The Morgan fingerprint density at radius 1 is 1.08 bits per heavy atom. The van der Waals surface area contributed by atoms with Crippen molar-refractivity contribution in [1.29, 1.82) is 0 Å². The van der Waals surface area contributed by atoms with Gasteiger partial charge < -0.3 is 59.4 Å². The number of hydrogen-bond donors (Lipinski definition) is 5. The second-order valence-electron chi connectivity index (χ2n) is 15.5. The van der Waals surface area contributed by atoms with Gasteiger partial charge >= 0.3 is 6.09 Å². The number of aliphatic hydroxyl groups is 1. The number of carbonyl (C=O) groups excluding carboxylic acids is 2. The number of aliphatic imine (C=N–C) groups is 1. The Labute approximate surface area is 355 Å². The number of anilines is 2. The number of fused-ring (bicyclic) bond motifs is 3. The Balaban J connectivity index is 1.36. The molecule has 16 heteroatoms. The molecule has 1 aromatic heterocycles. The van der Waals surface area contributed by atoms with Crippen LogP contribution < -0.4 is 26.1 Å². The molecule has 2 bridgehead atoms. The van der Waals surface area contributed by atoms with Gasteiger partial charge in [-0.15, -0.1) is 0 Å². The average molecular weight is 847 g/mol. The topological polar surface area (TPSA) is 225 Å². The number of nitrogens with two attached hydrogens (primary N) is 1. The number of methoxy groups -OCH3 is 2. The van der Waals surface area contributed by atoms with Gasteiger partial charge in [0.05, 0.1) is 43.1 Å². The molecule has 0 aliphatic carbocycles. The van der Waals surface area contributed by atoms with Crippen LogP contribution in [0.25, 0.3) is 11.0 Å². The number of amides is 2. The van der Waals surface area contributed by atoms with Crippen LogP contribution in [0.15, 0.2) is 80.0 Å². The lowest BCUT2D eigenvalue weighted by Gasteiger charge is -2.29. The second kappa shape index (κ2) is 21.7. The van der Waals surface area contributed by atoms with Crippen molar-refractivity contribution in [3.63, 3.8) is 0 Å². The molecule has 16 nitrogen and oxygen atoms in total. The smallest absolute Gasteiger partial charge is 0.405 e. The Morgan fingerprint density at radius 2 is 1.84 bits per heavy atom. The summed E-state index contributed by atoms with van der Waals surface area (Å²) in [4.78, 5) is 44.6. The predicted molar refractivity (Wildman–Crippen MR) is 232 cm³/mol. The van der Waals surface area contributed by atoms with Crippen molar-refractivity contribution in [2.75, 3.05) is 57.3 Å². The van der Waals surface area contributed by atoms with E-state index in [0.29, 0.717) is 85.9 Å². The Bertz CT molecular complexity index is 2190. The number of phenols is 2. The molecule has 2 amide bonds. The number of nitrogens with one attached hydrogen (secondary N) is 1. The number of carbonyl (C=O) groups is 2. The van der Waals surface area contributed by atoms with Gasteiger partial charge in [0.1, 0.15) is 34.6 Å². The van der Waals surface area contributed by atoms with Gasteiger partial charge in [-0.25, -0.2) is 4.79 Å². The van der Waals surface area contributed by atoms with Crippen molar-refractivity contribution >= 4 is 46.4 Å². The van der Waals surface area contributed by atoms with Gasteiger partial charge in [0.25, 0.3) is 5.91 Å². The third-order valence-electron chi connectivity index (χ3n) is 10.8. The molecule has 2 aromatic carbocycles. The first-order valence-corrected chi connectivity index (χ1v) is 20.4. The van der Waals surface area contributed by atoms with Crippen molar-refractivity contribution in [3.05, 3.63) is 81.6 Å². The van der Waals surface area contributed by atoms with Gasteiger partial charge in [-0.1, -0.05) is 38.2 Å². The molecule has 6 N–H and O–H groups in total. The van der Waals surface area contributed by atoms with E-state index in [1.165, 1.54) is 32.4 Å². The maximum atomic E-state index is 13.3. The number of morpholine rings is 1. The monoisotopic (exact) mass is 846 g/mol. The molecule has 0 spiro atoms. The Hall–Kier alpha value is -5.68. The summed E-state index contributed by atoms with van der Waals surface area (Å²) < 4.78 is 34.3. The molecular formula is C45H58N4O12. The molecule has 3 aromatic rings. The predicted octanol–water partition coefficient (Wildman–Crippen LogP) is 6.06. The SMILES string of the molecule is CO[C@H]1C=C/C=C(\C)C(=O)Nc2cc(O)c(N=CCCCOc3ccc4c(=O)cc(N5CCOCC5)oc4c3)c(c2O)C[C@@H](C)C[C@H](OC)[C@H](O)[C@@H](C)/C=C(\C)[C@@H]1OC(N)=O. The van der Waals surface area contributed by atoms with Gasteiger partial charge in [0.15, 0.2) is 17.4 Å². The number of aliphatic hydroxyl groups excluding tert-OH is 1. The van der Waals surface area contributed by atoms with E-state index in [1.807, 2.05) is 18.7 Å². The number of primary amides is 1. The van der Waals surface area contributed by atoms with Crippen LogP contribution in [0.1, 0.15) is 52.5 Å². The minimum Gasteiger partial charge on any atom is -0.506 e. The molecule has 330 valence electrons. The quantitative estimate of drug-likeness (QED) is 0.0515. The zero-order valence-electron chi connectivity index (χ0n) is 35.6. The average Bonchev–Trinajstić information content (AvgIpc) is 3.23. The lowest BCUT2D eigenvalue weighted by Crippen LogP contribution is -2.37. The number of aromatic hydroxyl groups is 2. The van der Waals surface area contributed by atoms with Crippen LogP contribution in [-0.4, -0.2) is 105 Å². The molecule has 3 heterocycles. The molecule has 2 aliphatic rings. The first kappa shape index (κ1) is 46.4. The number of hydrogen-bond acceptors (Lipinski definition) is 14. The molecule has 1 fully saturated rings. The van der Waals surface area contributed by atoms with Crippen LogP contribution in [0.4, 0.5) is 22.1 Å². The highest BCUT2D eigenvalue weighted by atomic mass is 16.6. The van der Waals surface area contributed by atoms with Crippen molar-refractivity contribution in [2.45, 2.75) is 77.8 Å². The lowest BCUT2D eigenvalue weighted by atomic mass is 9.87. The van der Waals surface area contributed by atoms with Gasteiger partial charge in [0.2, 0.25) is 0 Å². The van der Waals surface area contributed by atoms with Crippen LogP contribution in [0.3, 0.4) is 0 Å². The fourth-order valence-corrected chi connectivity index (χ4v) is 7.41. The number of benzene rings is 2. The molecule has 0 saturated carbocycles. The third-order valence-corrected chi connectivity index (χ3v) is 10.8. The van der Waals surface area contributed by atoms with E-state index in [2.05, 4.69) is 10.3 Å². The normalized spacial score (nSPS) is 25.1. The fraction of sp³-hybridized carbons (Fsp3) is 0.467. The largest absolute Gasteiger partial charge is 0.506 e. The Morgan fingerprint density at radius 3 is 2.54 bits per heavy atom. The molecular weight excluding hydrogens is 789 g/mol. The van der Waals surface area contributed by atoms with Crippen LogP contribution in [-0.2, 0) is 30.2 Å². The van der Waals surface area contributed by atoms with E-state index >= 15 is 0 Å². The van der Waals surface area contributed by atoms with E-state index in [1.54, 1.807) is 56.5 Å². The minimum absolute atomic E-state index is 0.0172. The van der Waals surface area contributed by atoms with Crippen molar-refractivity contribution in [3.8, 4) is 17.2 Å². The van der Waals surface area contributed by atoms with Crippen molar-refractivity contribution in [2.24, 2.45) is 22.6 Å². The summed E-state index contributed by atoms with van der Waals surface area (Å²) in [7, 11) is 2.94. The van der Waals surface area contributed by atoms with Gasteiger partial charge in [-0.2, -0.15) is 0 Å². The van der Waals surface area contributed by atoms with Crippen LogP contribution in [0.5, 0.6) is 17.2 Å². The zero-order valence-corrected chi connectivity index (χ0v) is 35.6. The summed E-state index contributed by atoms with van der Waals surface area (Å²) >= 11 is 0. The van der Waals surface area contributed by atoms with E-state index in [9.17, 15) is 29.7 Å². The van der Waals surface area contributed by atoms with Crippen LogP contribution >= 0.6 is 0 Å². The maximum Gasteiger partial charge on any atom is 0.405 e.